The molecule has 0 bridgehead atoms. The average molecular weight is 447 g/mol. The zero-order valence-electron chi connectivity index (χ0n) is 16.9. The third-order valence-electron chi connectivity index (χ3n) is 5.11. The van der Waals surface area contributed by atoms with Crippen LogP contribution < -0.4 is 10.3 Å². The number of aliphatic carboxylic acids is 1. The normalized spacial score (nSPS) is 16.1. The second-order valence-electron chi connectivity index (χ2n) is 7.40. The van der Waals surface area contributed by atoms with E-state index in [1.54, 1.807) is 31.4 Å². The first kappa shape index (κ1) is 20.9. The number of fused-ring (bicyclic) bond motifs is 3. The Hall–Kier alpha value is -2.36. The van der Waals surface area contributed by atoms with Crippen LogP contribution in [0.3, 0.4) is 0 Å². The second kappa shape index (κ2) is 8.41. The molecule has 1 N–H and O–H groups in total. The Kier molecular flexibility index (Phi) is 5.86. The maximum absolute atomic E-state index is 13.7. The van der Waals surface area contributed by atoms with Gasteiger partial charge in [0.05, 0.1) is 36.6 Å². The van der Waals surface area contributed by atoms with Gasteiger partial charge in [0.2, 0.25) is 0 Å². The Labute approximate surface area is 181 Å². The second-order valence-corrected chi connectivity index (χ2v) is 9.42. The number of carbonyl (C=O) groups is 1. The summed E-state index contributed by atoms with van der Waals surface area (Å²) in [6.45, 7) is 4.69. The molecule has 0 unspecified atom stereocenters. The van der Waals surface area contributed by atoms with E-state index in [1.165, 1.54) is 15.9 Å². The van der Waals surface area contributed by atoms with E-state index >= 15 is 0 Å². The van der Waals surface area contributed by atoms with Gasteiger partial charge in [0, 0.05) is 11.3 Å². The van der Waals surface area contributed by atoms with Crippen LogP contribution in [0.25, 0.3) is 15.9 Å². The molecule has 1 aliphatic rings. The van der Waals surface area contributed by atoms with Gasteiger partial charge in [0.25, 0.3) is 5.56 Å². The number of carboxylic acid groups (broad SMARTS) is 1. The van der Waals surface area contributed by atoms with Crippen molar-refractivity contribution in [3.63, 3.8) is 0 Å². The molecule has 0 amide bonds. The summed E-state index contributed by atoms with van der Waals surface area (Å²) in [6.07, 6.45) is 0.735. The van der Waals surface area contributed by atoms with Crippen molar-refractivity contribution in [3.05, 3.63) is 45.1 Å². The maximum atomic E-state index is 13.7. The number of thioether (sulfide) groups is 1. The Morgan fingerprint density at radius 1 is 1.40 bits per heavy atom. The van der Waals surface area contributed by atoms with E-state index in [9.17, 15) is 9.59 Å². The molecule has 4 rings (SSSR count). The zero-order chi connectivity index (χ0) is 21.4. The highest BCUT2D eigenvalue weighted by atomic mass is 32.2. The smallest absolute Gasteiger partial charge is 0.313 e. The highest BCUT2D eigenvalue weighted by Crippen LogP contribution is 2.36. The van der Waals surface area contributed by atoms with E-state index < -0.39 is 5.97 Å². The molecule has 0 saturated carbocycles. The lowest BCUT2D eigenvalue weighted by atomic mass is 9.96. The van der Waals surface area contributed by atoms with Crippen molar-refractivity contribution in [2.45, 2.75) is 38.1 Å². The fourth-order valence-corrected chi connectivity index (χ4v) is 5.42. The number of ether oxygens (including phenoxy) is 2. The van der Waals surface area contributed by atoms with Crippen LogP contribution in [0.2, 0.25) is 0 Å². The van der Waals surface area contributed by atoms with Crippen LogP contribution in [0.5, 0.6) is 5.75 Å². The maximum Gasteiger partial charge on any atom is 0.313 e. The van der Waals surface area contributed by atoms with Crippen molar-refractivity contribution >= 4 is 39.3 Å². The third-order valence-corrected chi connectivity index (χ3v) is 7.13. The van der Waals surface area contributed by atoms with E-state index in [2.05, 4.69) is 13.8 Å². The van der Waals surface area contributed by atoms with Gasteiger partial charge < -0.3 is 14.6 Å². The summed E-state index contributed by atoms with van der Waals surface area (Å²) < 4.78 is 12.7. The van der Waals surface area contributed by atoms with Crippen molar-refractivity contribution in [2.24, 2.45) is 5.92 Å². The number of rotatable bonds is 6. The number of hydrogen-bond donors (Lipinski definition) is 1. The van der Waals surface area contributed by atoms with Crippen LogP contribution in [0.1, 0.15) is 24.3 Å². The van der Waals surface area contributed by atoms with Gasteiger partial charge in [0.1, 0.15) is 10.6 Å². The first-order valence-electron chi connectivity index (χ1n) is 9.57. The van der Waals surface area contributed by atoms with E-state index in [0.29, 0.717) is 45.8 Å². The molecular formula is C21H22N2O5S2. The van der Waals surface area contributed by atoms with Gasteiger partial charge in [-0.3, -0.25) is 14.2 Å². The summed E-state index contributed by atoms with van der Waals surface area (Å²) in [5.74, 6) is -0.132. The van der Waals surface area contributed by atoms with Gasteiger partial charge in [-0.25, -0.2) is 4.98 Å². The van der Waals surface area contributed by atoms with Gasteiger partial charge in [-0.1, -0.05) is 25.6 Å². The molecule has 0 saturated heterocycles. The molecule has 1 atom stereocenters. The van der Waals surface area contributed by atoms with Crippen molar-refractivity contribution in [1.82, 2.24) is 9.55 Å². The number of hydrogen-bond acceptors (Lipinski definition) is 7. The van der Waals surface area contributed by atoms with Crippen molar-refractivity contribution in [1.29, 1.82) is 0 Å². The standard InChI is InChI=1S/C21H22N2O5S2/c1-11(2)15-8-14-16(9-28-15)30-19-18(14)20(26)23(21(22-19)29-10-17(24)25)12-4-6-13(27-3)7-5-12/h4-7,11,15H,8-10H2,1-3H3,(H,24,25)/t15-/m1/s1. The molecular weight excluding hydrogens is 424 g/mol. The molecule has 3 aromatic rings. The fraction of sp³-hybridized carbons (Fsp3) is 0.381. The van der Waals surface area contributed by atoms with Gasteiger partial charge >= 0.3 is 5.97 Å². The molecule has 1 aliphatic heterocycles. The average Bonchev–Trinajstić information content (AvgIpc) is 3.10. The molecule has 0 fully saturated rings. The zero-order valence-corrected chi connectivity index (χ0v) is 18.5. The van der Waals surface area contributed by atoms with E-state index in [0.717, 1.165) is 22.2 Å². The largest absolute Gasteiger partial charge is 0.497 e. The van der Waals surface area contributed by atoms with E-state index in [-0.39, 0.29) is 17.4 Å². The first-order chi connectivity index (χ1) is 14.4. The highest BCUT2D eigenvalue weighted by Gasteiger charge is 2.28. The third kappa shape index (κ3) is 3.84. The predicted molar refractivity (Wildman–Crippen MR) is 117 cm³/mol. The van der Waals surface area contributed by atoms with Crippen LogP contribution >= 0.6 is 23.1 Å². The first-order valence-corrected chi connectivity index (χ1v) is 11.4. The quantitative estimate of drug-likeness (QED) is 0.456. The molecule has 1 aromatic carbocycles. The van der Waals surface area contributed by atoms with Gasteiger partial charge in [-0.15, -0.1) is 11.3 Å². The number of carboxylic acids is 1. The number of thiophene rings is 1. The Morgan fingerprint density at radius 3 is 2.77 bits per heavy atom. The predicted octanol–water partition coefficient (Wildman–Crippen LogP) is 3.73. The Morgan fingerprint density at radius 2 is 2.13 bits per heavy atom. The lowest BCUT2D eigenvalue weighted by Gasteiger charge is -2.26. The Balaban J connectivity index is 1.91. The van der Waals surface area contributed by atoms with Gasteiger partial charge in [-0.2, -0.15) is 0 Å². The highest BCUT2D eigenvalue weighted by molar-refractivity contribution is 7.99. The van der Waals surface area contributed by atoms with Crippen LogP contribution in [0.4, 0.5) is 0 Å². The summed E-state index contributed by atoms with van der Waals surface area (Å²) >= 11 is 2.49. The van der Waals surface area contributed by atoms with Crippen LogP contribution in [-0.4, -0.2) is 39.6 Å². The molecule has 0 aliphatic carbocycles. The van der Waals surface area contributed by atoms with Gasteiger partial charge in [-0.05, 0) is 35.7 Å². The molecule has 2 aromatic heterocycles. The molecule has 30 heavy (non-hydrogen) atoms. The number of aromatic nitrogens is 2. The number of methoxy groups -OCH3 is 1. The molecule has 3 heterocycles. The summed E-state index contributed by atoms with van der Waals surface area (Å²) in [6, 6.07) is 7.08. The summed E-state index contributed by atoms with van der Waals surface area (Å²) in [5, 5.41) is 10.1. The SMILES string of the molecule is COc1ccc(-n2c(SCC(=O)O)nc3sc4c(c3c2=O)C[C@H](C(C)C)OC4)cc1. The number of nitrogens with zero attached hydrogens (tertiary/aromatic N) is 2. The van der Waals surface area contributed by atoms with E-state index in [4.69, 9.17) is 19.6 Å². The molecule has 158 valence electrons. The minimum Gasteiger partial charge on any atom is -0.497 e. The van der Waals surface area contributed by atoms with E-state index in [1.807, 2.05) is 0 Å². The molecule has 0 radical (unpaired) electrons. The molecule has 7 nitrogen and oxygen atoms in total. The van der Waals surface area contributed by atoms with Gasteiger partial charge in [0.15, 0.2) is 5.16 Å². The Bertz CT molecular complexity index is 1150. The lowest BCUT2D eigenvalue weighted by molar-refractivity contribution is -0.133. The lowest BCUT2D eigenvalue weighted by Crippen LogP contribution is -2.28. The van der Waals surface area contributed by atoms with Crippen LogP contribution in [0.15, 0.2) is 34.2 Å². The van der Waals surface area contributed by atoms with Crippen LogP contribution in [0, 0.1) is 5.92 Å². The van der Waals surface area contributed by atoms with Crippen LogP contribution in [-0.2, 0) is 22.6 Å². The number of benzene rings is 1. The van der Waals surface area contributed by atoms with Crippen molar-refractivity contribution in [3.8, 4) is 11.4 Å². The summed E-state index contributed by atoms with van der Waals surface area (Å²) in [5.41, 5.74) is 1.45. The van der Waals surface area contributed by atoms with Crippen molar-refractivity contribution in [2.75, 3.05) is 12.9 Å². The van der Waals surface area contributed by atoms with Crippen molar-refractivity contribution < 1.29 is 19.4 Å². The minimum absolute atomic E-state index is 0.0604. The molecule has 9 heteroatoms. The summed E-state index contributed by atoms with van der Waals surface area (Å²) in [7, 11) is 1.58. The fourth-order valence-electron chi connectivity index (χ4n) is 3.52. The topological polar surface area (TPSA) is 90.6 Å². The summed E-state index contributed by atoms with van der Waals surface area (Å²) in [4.78, 5) is 31.2. The monoisotopic (exact) mass is 446 g/mol. The minimum atomic E-state index is -0.964. The molecule has 0 spiro atoms.